The minimum atomic E-state index is 0.340. The molecule has 1 aromatic heterocycles. The van der Waals surface area contributed by atoms with E-state index in [2.05, 4.69) is 35.2 Å². The number of hydrogen-bond acceptors (Lipinski definition) is 5. The summed E-state index contributed by atoms with van der Waals surface area (Å²) in [5, 5.41) is 4.31. The van der Waals surface area contributed by atoms with Gasteiger partial charge in [-0.15, -0.1) is 0 Å². The first kappa shape index (κ1) is 16.8. The number of aromatic nitrogens is 1. The van der Waals surface area contributed by atoms with Crippen molar-refractivity contribution in [3.05, 3.63) is 41.3 Å². The maximum Gasteiger partial charge on any atom is 0.161 e. The molecule has 24 heavy (non-hydrogen) atoms. The maximum absolute atomic E-state index is 5.47. The lowest BCUT2D eigenvalue weighted by atomic mass is 10.1. The molecule has 1 aliphatic rings. The number of benzene rings is 1. The summed E-state index contributed by atoms with van der Waals surface area (Å²) in [5.74, 6) is 2.53. The molecule has 0 N–H and O–H groups in total. The number of nitrogens with zero attached hydrogens (tertiary/aromatic N) is 2. The molecule has 2 aromatic rings. The third-order valence-corrected chi connectivity index (χ3v) is 4.61. The molecule has 0 spiro atoms. The third-order valence-electron chi connectivity index (χ3n) is 4.61. The van der Waals surface area contributed by atoms with E-state index in [0.717, 1.165) is 55.3 Å². The highest BCUT2D eigenvalue weighted by Crippen LogP contribution is 2.34. The van der Waals surface area contributed by atoms with Gasteiger partial charge in [-0.3, -0.25) is 4.90 Å². The number of likely N-dealkylation sites (tertiary alicyclic amines) is 1. The van der Waals surface area contributed by atoms with Gasteiger partial charge in [0, 0.05) is 19.0 Å². The Balaban J connectivity index is 1.73. The summed E-state index contributed by atoms with van der Waals surface area (Å²) in [6.45, 7) is 4.11. The number of methoxy groups -OCH3 is 2. The van der Waals surface area contributed by atoms with E-state index in [0.29, 0.717) is 6.04 Å². The van der Waals surface area contributed by atoms with Crippen LogP contribution in [0.1, 0.15) is 49.2 Å². The Hall–Kier alpha value is -2.01. The van der Waals surface area contributed by atoms with Crippen LogP contribution in [-0.2, 0) is 13.0 Å². The van der Waals surface area contributed by atoms with E-state index in [4.69, 9.17) is 14.0 Å². The minimum absolute atomic E-state index is 0.340. The van der Waals surface area contributed by atoms with Crippen LogP contribution in [0.15, 0.2) is 28.8 Å². The molecule has 1 atom stereocenters. The Labute approximate surface area is 143 Å². The van der Waals surface area contributed by atoms with E-state index in [1.807, 2.05) is 6.07 Å². The number of hydrogen-bond donors (Lipinski definition) is 0. The van der Waals surface area contributed by atoms with Crippen LogP contribution in [0.4, 0.5) is 0 Å². The van der Waals surface area contributed by atoms with Crippen LogP contribution < -0.4 is 9.47 Å². The monoisotopic (exact) mass is 330 g/mol. The van der Waals surface area contributed by atoms with Crippen molar-refractivity contribution in [2.24, 2.45) is 0 Å². The van der Waals surface area contributed by atoms with Gasteiger partial charge in [0.05, 0.1) is 20.3 Å². The van der Waals surface area contributed by atoms with E-state index in [-0.39, 0.29) is 0 Å². The van der Waals surface area contributed by atoms with E-state index in [1.165, 1.54) is 12.0 Å². The average Bonchev–Trinajstić information content (AvgIpc) is 3.24. The van der Waals surface area contributed by atoms with Crippen LogP contribution in [0.25, 0.3) is 0 Å². The maximum atomic E-state index is 5.47. The summed E-state index contributed by atoms with van der Waals surface area (Å²) < 4.78 is 16.2. The van der Waals surface area contributed by atoms with Crippen molar-refractivity contribution >= 4 is 0 Å². The standard InChI is InChI=1S/C19H26N2O3/c1-4-6-15-12-16(20-24-15)17-7-5-10-21(17)13-14-8-9-18(22-2)19(11-14)23-3/h8-9,11-12,17H,4-7,10,13H2,1-3H3/t17-/m0/s1. The van der Waals surface area contributed by atoms with Crippen molar-refractivity contribution in [1.29, 1.82) is 0 Å². The number of rotatable bonds is 7. The van der Waals surface area contributed by atoms with Gasteiger partial charge in [-0.2, -0.15) is 0 Å². The van der Waals surface area contributed by atoms with Gasteiger partial charge >= 0.3 is 0 Å². The lowest BCUT2D eigenvalue weighted by molar-refractivity contribution is 0.236. The van der Waals surface area contributed by atoms with Crippen molar-refractivity contribution in [2.45, 2.75) is 45.2 Å². The molecule has 0 aliphatic carbocycles. The molecule has 0 bridgehead atoms. The zero-order chi connectivity index (χ0) is 16.9. The Morgan fingerprint density at radius 3 is 2.79 bits per heavy atom. The van der Waals surface area contributed by atoms with Crippen LogP contribution in [0.5, 0.6) is 11.5 Å². The third kappa shape index (κ3) is 3.56. The molecule has 5 heteroatoms. The van der Waals surface area contributed by atoms with Gasteiger partial charge < -0.3 is 14.0 Å². The Kier molecular flexibility index (Phi) is 5.41. The molecule has 0 radical (unpaired) electrons. The van der Waals surface area contributed by atoms with Gasteiger partial charge in [0.2, 0.25) is 0 Å². The van der Waals surface area contributed by atoms with Crippen molar-refractivity contribution in [3.63, 3.8) is 0 Å². The molecule has 0 saturated carbocycles. The van der Waals surface area contributed by atoms with E-state index in [9.17, 15) is 0 Å². The molecule has 5 nitrogen and oxygen atoms in total. The second kappa shape index (κ2) is 7.71. The summed E-state index contributed by atoms with van der Waals surface area (Å²) in [4.78, 5) is 2.47. The van der Waals surface area contributed by atoms with Crippen LogP contribution in [0.2, 0.25) is 0 Å². The van der Waals surface area contributed by atoms with Crippen molar-refractivity contribution in [1.82, 2.24) is 10.1 Å². The van der Waals surface area contributed by atoms with E-state index < -0.39 is 0 Å². The Morgan fingerprint density at radius 1 is 1.21 bits per heavy atom. The molecular formula is C19H26N2O3. The Bertz CT molecular complexity index is 668. The van der Waals surface area contributed by atoms with Crippen molar-refractivity contribution in [2.75, 3.05) is 20.8 Å². The minimum Gasteiger partial charge on any atom is -0.493 e. The van der Waals surface area contributed by atoms with Gasteiger partial charge in [-0.1, -0.05) is 18.1 Å². The Morgan fingerprint density at radius 2 is 2.04 bits per heavy atom. The average molecular weight is 330 g/mol. The van der Waals surface area contributed by atoms with Gasteiger partial charge in [0.25, 0.3) is 0 Å². The molecule has 0 unspecified atom stereocenters. The smallest absolute Gasteiger partial charge is 0.161 e. The van der Waals surface area contributed by atoms with Gasteiger partial charge in [0.15, 0.2) is 11.5 Å². The molecular weight excluding hydrogens is 304 g/mol. The predicted octanol–water partition coefficient (Wildman–Crippen LogP) is 3.98. The lowest BCUT2D eigenvalue weighted by Gasteiger charge is -2.23. The molecule has 130 valence electrons. The SMILES string of the molecule is CCCc1cc([C@@H]2CCCN2Cc2ccc(OC)c(OC)c2)no1. The highest BCUT2D eigenvalue weighted by Gasteiger charge is 2.28. The topological polar surface area (TPSA) is 47.7 Å². The largest absolute Gasteiger partial charge is 0.493 e. The normalized spacial score (nSPS) is 18.0. The molecule has 1 saturated heterocycles. The van der Waals surface area contributed by atoms with E-state index in [1.54, 1.807) is 14.2 Å². The van der Waals surface area contributed by atoms with Crippen LogP contribution in [0.3, 0.4) is 0 Å². The fraction of sp³-hybridized carbons (Fsp3) is 0.526. The fourth-order valence-electron chi connectivity index (χ4n) is 3.41. The van der Waals surface area contributed by atoms with Crippen LogP contribution in [-0.4, -0.2) is 30.8 Å². The molecule has 1 aliphatic heterocycles. The zero-order valence-corrected chi connectivity index (χ0v) is 14.7. The van der Waals surface area contributed by atoms with Crippen molar-refractivity contribution in [3.8, 4) is 11.5 Å². The predicted molar refractivity (Wildman–Crippen MR) is 92.4 cm³/mol. The first-order chi connectivity index (χ1) is 11.7. The molecule has 1 aromatic carbocycles. The van der Waals surface area contributed by atoms with Crippen molar-refractivity contribution < 1.29 is 14.0 Å². The molecule has 0 amide bonds. The quantitative estimate of drug-likeness (QED) is 0.768. The van der Waals surface area contributed by atoms with Crippen LogP contribution >= 0.6 is 0 Å². The first-order valence-electron chi connectivity index (χ1n) is 8.65. The molecule has 3 rings (SSSR count). The molecule has 1 fully saturated rings. The second-order valence-electron chi connectivity index (χ2n) is 6.29. The second-order valence-corrected chi connectivity index (χ2v) is 6.29. The fourth-order valence-corrected chi connectivity index (χ4v) is 3.41. The highest BCUT2D eigenvalue weighted by atomic mass is 16.5. The summed E-state index contributed by atoms with van der Waals surface area (Å²) in [6.07, 6.45) is 4.35. The summed E-state index contributed by atoms with van der Waals surface area (Å²) in [6, 6.07) is 8.59. The molecule has 2 heterocycles. The van der Waals surface area contributed by atoms with Gasteiger partial charge in [-0.25, -0.2) is 0 Å². The lowest BCUT2D eigenvalue weighted by Crippen LogP contribution is -2.23. The zero-order valence-electron chi connectivity index (χ0n) is 14.7. The number of ether oxygens (including phenoxy) is 2. The van der Waals surface area contributed by atoms with E-state index >= 15 is 0 Å². The van der Waals surface area contributed by atoms with Gasteiger partial charge in [-0.05, 0) is 43.5 Å². The van der Waals surface area contributed by atoms with Gasteiger partial charge in [0.1, 0.15) is 11.5 Å². The number of aryl methyl sites for hydroxylation is 1. The first-order valence-corrected chi connectivity index (χ1v) is 8.65. The summed E-state index contributed by atoms with van der Waals surface area (Å²) >= 11 is 0. The summed E-state index contributed by atoms with van der Waals surface area (Å²) in [7, 11) is 3.33. The van der Waals surface area contributed by atoms with Crippen LogP contribution in [0, 0.1) is 0 Å². The highest BCUT2D eigenvalue weighted by molar-refractivity contribution is 5.42. The summed E-state index contributed by atoms with van der Waals surface area (Å²) in [5.41, 5.74) is 2.29.